The first-order valence-corrected chi connectivity index (χ1v) is 9.57. The molecule has 0 atom stereocenters. The molecule has 0 unspecified atom stereocenters. The van der Waals surface area contributed by atoms with Gasteiger partial charge >= 0.3 is 0 Å². The van der Waals surface area contributed by atoms with Gasteiger partial charge in [-0.25, -0.2) is 13.4 Å². The second-order valence-corrected chi connectivity index (χ2v) is 10.2. The molecule has 0 aliphatic rings. The molecule has 25 heavy (non-hydrogen) atoms. The summed E-state index contributed by atoms with van der Waals surface area (Å²) in [7, 11) is -3.93. The van der Waals surface area contributed by atoms with Crippen LogP contribution < -0.4 is 0 Å². The second-order valence-electron chi connectivity index (χ2n) is 7.36. The number of halogens is 1. The average Bonchev–Trinajstić information content (AvgIpc) is 2.96. The fourth-order valence-electron chi connectivity index (χ4n) is 2.09. The van der Waals surface area contributed by atoms with Crippen molar-refractivity contribution in [2.45, 2.75) is 56.1 Å². The molecule has 2 heterocycles. The summed E-state index contributed by atoms with van der Waals surface area (Å²) in [5.41, 5.74) is 0.164. The lowest BCUT2D eigenvalue weighted by molar-refractivity contribution is -0.120. The maximum atomic E-state index is 12.8. The molecular weight excluding hydrogens is 364 g/mol. The SMILES string of the molecule is CC(C)(C)c1cc(CC(=O)C(C)(C)S(=O)(=O)c2ccc(Cl)nc2)no1. The van der Waals surface area contributed by atoms with Crippen LogP contribution in [-0.4, -0.2) is 29.1 Å². The molecule has 136 valence electrons. The summed E-state index contributed by atoms with van der Waals surface area (Å²) >= 11 is 5.69. The van der Waals surface area contributed by atoms with Gasteiger partial charge in [0.15, 0.2) is 15.6 Å². The highest BCUT2D eigenvalue weighted by Crippen LogP contribution is 2.28. The minimum Gasteiger partial charge on any atom is -0.361 e. The van der Waals surface area contributed by atoms with Gasteiger partial charge in [0.1, 0.15) is 15.7 Å². The zero-order valence-electron chi connectivity index (χ0n) is 14.8. The molecule has 2 aromatic heterocycles. The lowest BCUT2D eigenvalue weighted by atomic mass is 9.92. The molecule has 0 aliphatic heterocycles. The van der Waals surface area contributed by atoms with Gasteiger partial charge in [-0.1, -0.05) is 37.5 Å². The van der Waals surface area contributed by atoms with Crippen LogP contribution in [0.4, 0.5) is 0 Å². The first kappa shape index (κ1) is 19.6. The number of nitrogens with zero attached hydrogens (tertiary/aromatic N) is 2. The zero-order valence-corrected chi connectivity index (χ0v) is 16.4. The van der Waals surface area contributed by atoms with Crippen molar-refractivity contribution in [3.05, 3.63) is 41.0 Å². The van der Waals surface area contributed by atoms with Gasteiger partial charge < -0.3 is 4.52 Å². The molecular formula is C17H21ClN2O4S. The van der Waals surface area contributed by atoms with E-state index in [9.17, 15) is 13.2 Å². The number of rotatable bonds is 5. The first-order chi connectivity index (χ1) is 11.4. The molecule has 0 saturated heterocycles. The Morgan fingerprint density at radius 1 is 1.20 bits per heavy atom. The summed E-state index contributed by atoms with van der Waals surface area (Å²) in [5, 5.41) is 4.06. The van der Waals surface area contributed by atoms with E-state index in [2.05, 4.69) is 10.1 Å². The predicted octanol–water partition coefficient (Wildman–Crippen LogP) is 3.38. The summed E-state index contributed by atoms with van der Waals surface area (Å²) in [4.78, 5) is 16.4. The fraction of sp³-hybridized carbons (Fsp3) is 0.471. The molecule has 8 heteroatoms. The Balaban J connectivity index is 2.27. The number of carbonyl (C=O) groups is 1. The number of ketones is 1. The van der Waals surface area contributed by atoms with Crippen LogP contribution >= 0.6 is 11.6 Å². The van der Waals surface area contributed by atoms with E-state index in [1.807, 2.05) is 20.8 Å². The van der Waals surface area contributed by atoms with Crippen molar-refractivity contribution < 1.29 is 17.7 Å². The third-order valence-corrected chi connectivity index (χ3v) is 6.65. The minimum absolute atomic E-state index is 0.0502. The predicted molar refractivity (Wildman–Crippen MR) is 94.4 cm³/mol. The van der Waals surface area contributed by atoms with Crippen LogP contribution in [0.5, 0.6) is 0 Å². The number of carbonyl (C=O) groups excluding carboxylic acids is 1. The zero-order chi connectivity index (χ0) is 19.0. The fourth-order valence-corrected chi connectivity index (χ4v) is 3.60. The van der Waals surface area contributed by atoms with E-state index in [1.165, 1.54) is 26.0 Å². The van der Waals surface area contributed by atoms with Crippen molar-refractivity contribution in [3.63, 3.8) is 0 Å². The van der Waals surface area contributed by atoms with Gasteiger partial charge in [-0.05, 0) is 26.0 Å². The molecule has 0 N–H and O–H groups in total. The average molecular weight is 385 g/mol. The number of hydrogen-bond acceptors (Lipinski definition) is 6. The van der Waals surface area contributed by atoms with E-state index < -0.39 is 20.4 Å². The Bertz CT molecular complexity index is 878. The molecule has 6 nitrogen and oxygen atoms in total. The van der Waals surface area contributed by atoms with Gasteiger partial charge in [0.05, 0.1) is 17.0 Å². The molecule has 2 rings (SSSR count). The summed E-state index contributed by atoms with van der Waals surface area (Å²) in [6.07, 6.45) is 1.02. The van der Waals surface area contributed by atoms with Gasteiger partial charge in [0.25, 0.3) is 0 Å². The van der Waals surface area contributed by atoms with Gasteiger partial charge in [-0.2, -0.15) is 0 Å². The highest BCUT2D eigenvalue weighted by atomic mass is 35.5. The Labute approximate surface area is 152 Å². The highest BCUT2D eigenvalue weighted by molar-refractivity contribution is 7.93. The molecule has 0 saturated carbocycles. The summed E-state index contributed by atoms with van der Waals surface area (Å²) in [5.74, 6) is 0.161. The number of aromatic nitrogens is 2. The Hall–Kier alpha value is -1.73. The summed E-state index contributed by atoms with van der Waals surface area (Å²) < 4.78 is 29.2. The van der Waals surface area contributed by atoms with Gasteiger partial charge in [-0.3, -0.25) is 4.79 Å². The third kappa shape index (κ3) is 3.93. The standard InChI is InChI=1S/C17H21ClN2O4S/c1-16(2,3)14-9-11(20-24-14)8-13(21)17(4,5)25(22,23)12-6-7-15(18)19-10-12/h6-7,9-10H,8H2,1-5H3. The normalized spacial score (nSPS) is 13.0. The van der Waals surface area contributed by atoms with Crippen LogP contribution in [0.1, 0.15) is 46.1 Å². The number of Topliss-reactive ketones (excluding diaryl/α,β-unsaturated/α-hetero) is 1. The van der Waals surface area contributed by atoms with Crippen LogP contribution in [0.25, 0.3) is 0 Å². The Morgan fingerprint density at radius 3 is 2.32 bits per heavy atom. The van der Waals surface area contributed by atoms with E-state index in [4.69, 9.17) is 16.1 Å². The van der Waals surface area contributed by atoms with Crippen LogP contribution in [0.15, 0.2) is 33.8 Å². The van der Waals surface area contributed by atoms with E-state index in [0.29, 0.717) is 11.5 Å². The summed E-state index contributed by atoms with van der Waals surface area (Å²) in [6, 6.07) is 4.40. The number of sulfone groups is 1. The van der Waals surface area contributed by atoms with Crippen molar-refractivity contribution >= 4 is 27.2 Å². The molecule has 0 fully saturated rings. The maximum absolute atomic E-state index is 12.8. The smallest absolute Gasteiger partial charge is 0.192 e. The van der Waals surface area contributed by atoms with E-state index >= 15 is 0 Å². The van der Waals surface area contributed by atoms with E-state index in [-0.39, 0.29) is 21.9 Å². The molecule has 0 aromatic carbocycles. The van der Waals surface area contributed by atoms with Gasteiger partial charge in [0.2, 0.25) is 0 Å². The van der Waals surface area contributed by atoms with E-state index in [1.54, 1.807) is 6.07 Å². The molecule has 0 amide bonds. The summed E-state index contributed by atoms with van der Waals surface area (Å²) in [6.45, 7) is 8.64. The monoisotopic (exact) mass is 384 g/mol. The largest absolute Gasteiger partial charge is 0.361 e. The molecule has 0 bridgehead atoms. The molecule has 0 spiro atoms. The van der Waals surface area contributed by atoms with Crippen molar-refractivity contribution in [1.29, 1.82) is 0 Å². The second kappa shape index (κ2) is 6.53. The topological polar surface area (TPSA) is 90.1 Å². The number of pyridine rings is 1. The van der Waals surface area contributed by atoms with Crippen LogP contribution in [0.2, 0.25) is 5.15 Å². The highest BCUT2D eigenvalue weighted by Gasteiger charge is 2.42. The molecule has 0 radical (unpaired) electrons. The molecule has 2 aromatic rings. The lowest BCUT2D eigenvalue weighted by Crippen LogP contribution is -2.41. The van der Waals surface area contributed by atoms with Crippen LogP contribution in [-0.2, 0) is 26.5 Å². The van der Waals surface area contributed by atoms with Crippen LogP contribution in [0, 0.1) is 0 Å². The third-order valence-electron chi connectivity index (χ3n) is 3.99. The maximum Gasteiger partial charge on any atom is 0.192 e. The Kier molecular flexibility index (Phi) is 5.12. The first-order valence-electron chi connectivity index (χ1n) is 7.71. The molecule has 0 aliphatic carbocycles. The Morgan fingerprint density at radius 2 is 1.84 bits per heavy atom. The van der Waals surface area contributed by atoms with Crippen molar-refractivity contribution in [3.8, 4) is 0 Å². The van der Waals surface area contributed by atoms with Gasteiger partial charge in [0, 0.05) is 17.7 Å². The van der Waals surface area contributed by atoms with Crippen molar-refractivity contribution in [2.75, 3.05) is 0 Å². The van der Waals surface area contributed by atoms with E-state index in [0.717, 1.165) is 6.20 Å². The van der Waals surface area contributed by atoms with Crippen molar-refractivity contribution in [2.24, 2.45) is 0 Å². The van der Waals surface area contributed by atoms with Crippen LogP contribution in [0.3, 0.4) is 0 Å². The quantitative estimate of drug-likeness (QED) is 0.734. The van der Waals surface area contributed by atoms with Crippen molar-refractivity contribution in [1.82, 2.24) is 10.1 Å². The van der Waals surface area contributed by atoms with Gasteiger partial charge in [-0.15, -0.1) is 0 Å². The minimum atomic E-state index is -3.93. The number of hydrogen-bond donors (Lipinski definition) is 0. The lowest BCUT2D eigenvalue weighted by Gasteiger charge is -2.22.